The lowest BCUT2D eigenvalue weighted by Crippen LogP contribution is -2.55. The molecule has 0 aliphatic rings. The summed E-state index contributed by atoms with van der Waals surface area (Å²) in [5.74, 6) is -2.14. The summed E-state index contributed by atoms with van der Waals surface area (Å²) in [4.78, 5) is 54.5. The number of benzene rings is 1. The number of nitrogens with one attached hydrogen (secondary N) is 2. The standard InChI is InChI=1S/C29H31Cl4N5O6/c1-14(2)24(35-27(40)25(15(3)4)36-29(42)43)21(39)9-11-38(28(41)26(32)33)16-8-10-34-19(12-16)22-13-20(37-44-22)23-17(30)6-5-7-18(23)31/h5-8,10,12-15,24-26,36H,9,11H2,1-4H3,(H,35,40)(H,42,43). The molecule has 0 aliphatic carbocycles. The molecule has 15 heteroatoms. The molecule has 3 amide bonds. The fraction of sp³-hybridized carbons (Fsp3) is 0.379. The summed E-state index contributed by atoms with van der Waals surface area (Å²) >= 11 is 24.5. The van der Waals surface area contributed by atoms with Crippen LogP contribution in [0.15, 0.2) is 47.1 Å². The summed E-state index contributed by atoms with van der Waals surface area (Å²) in [5.41, 5.74) is 1.49. The Morgan fingerprint density at radius 3 is 2.14 bits per heavy atom. The van der Waals surface area contributed by atoms with Crippen molar-refractivity contribution in [3.63, 3.8) is 0 Å². The van der Waals surface area contributed by atoms with Gasteiger partial charge in [-0.1, -0.05) is 85.3 Å². The number of ketones is 1. The highest BCUT2D eigenvalue weighted by Crippen LogP contribution is 2.36. The van der Waals surface area contributed by atoms with Gasteiger partial charge in [-0.15, -0.1) is 0 Å². The zero-order chi connectivity index (χ0) is 32.7. The molecule has 0 bridgehead atoms. The second kappa shape index (κ2) is 15.6. The monoisotopic (exact) mass is 685 g/mol. The van der Waals surface area contributed by atoms with E-state index in [4.69, 9.17) is 56.0 Å². The van der Waals surface area contributed by atoms with Crippen LogP contribution in [0.1, 0.15) is 34.1 Å². The van der Waals surface area contributed by atoms with Gasteiger partial charge >= 0.3 is 6.09 Å². The van der Waals surface area contributed by atoms with E-state index in [-0.39, 0.29) is 36.3 Å². The molecule has 2 heterocycles. The predicted octanol–water partition coefficient (Wildman–Crippen LogP) is 6.24. The SMILES string of the molecule is CC(C)C(NC(=O)C(NC(=O)O)C(C)C)C(=O)CCN(C(=O)C(Cl)Cl)c1ccnc(-c2cc(-c3c(Cl)cccc3Cl)no2)c1. The van der Waals surface area contributed by atoms with E-state index in [2.05, 4.69) is 20.8 Å². The van der Waals surface area contributed by atoms with Crippen LogP contribution >= 0.6 is 46.4 Å². The molecule has 0 saturated heterocycles. The number of pyridine rings is 1. The first-order valence-corrected chi connectivity index (χ1v) is 15.1. The normalized spacial score (nSPS) is 12.7. The Bertz CT molecular complexity index is 1490. The van der Waals surface area contributed by atoms with Crippen molar-refractivity contribution < 1.29 is 28.8 Å². The van der Waals surface area contributed by atoms with Crippen molar-refractivity contribution in [1.29, 1.82) is 0 Å². The highest BCUT2D eigenvalue weighted by molar-refractivity contribution is 6.54. The van der Waals surface area contributed by atoms with Gasteiger partial charge in [0.25, 0.3) is 5.91 Å². The maximum atomic E-state index is 13.3. The van der Waals surface area contributed by atoms with Gasteiger partial charge in [-0.3, -0.25) is 19.4 Å². The number of nitrogens with zero attached hydrogens (tertiary/aromatic N) is 3. The first kappa shape index (κ1) is 35.1. The molecule has 3 rings (SSSR count). The fourth-order valence-corrected chi connectivity index (χ4v) is 5.20. The van der Waals surface area contributed by atoms with Gasteiger partial charge in [-0.2, -0.15) is 0 Å². The van der Waals surface area contributed by atoms with Gasteiger partial charge < -0.3 is 25.2 Å². The number of anilines is 1. The predicted molar refractivity (Wildman–Crippen MR) is 169 cm³/mol. The van der Waals surface area contributed by atoms with Crippen LogP contribution in [-0.4, -0.2) is 62.4 Å². The van der Waals surface area contributed by atoms with Crippen molar-refractivity contribution in [2.24, 2.45) is 11.8 Å². The van der Waals surface area contributed by atoms with E-state index in [9.17, 15) is 19.2 Å². The maximum Gasteiger partial charge on any atom is 0.405 e. The van der Waals surface area contributed by atoms with Gasteiger partial charge in [0.15, 0.2) is 16.4 Å². The van der Waals surface area contributed by atoms with Gasteiger partial charge in [-0.25, -0.2) is 4.79 Å². The Balaban J connectivity index is 1.84. The van der Waals surface area contributed by atoms with Gasteiger partial charge in [0, 0.05) is 36.5 Å². The van der Waals surface area contributed by atoms with E-state index in [1.807, 2.05) is 0 Å². The largest absolute Gasteiger partial charge is 0.465 e. The van der Waals surface area contributed by atoms with Crippen molar-refractivity contribution in [3.05, 3.63) is 52.6 Å². The summed E-state index contributed by atoms with van der Waals surface area (Å²) in [6.45, 7) is 6.71. The number of amides is 3. The zero-order valence-electron chi connectivity index (χ0n) is 24.2. The number of hydrogen-bond acceptors (Lipinski definition) is 7. The van der Waals surface area contributed by atoms with E-state index >= 15 is 0 Å². The topological polar surface area (TPSA) is 155 Å². The lowest BCUT2D eigenvalue weighted by molar-refractivity contribution is -0.130. The van der Waals surface area contributed by atoms with Gasteiger partial charge in [0.05, 0.1) is 16.1 Å². The zero-order valence-corrected chi connectivity index (χ0v) is 27.2. The van der Waals surface area contributed by atoms with Crippen molar-refractivity contribution in [3.8, 4) is 22.7 Å². The molecule has 0 fully saturated rings. The molecule has 0 aliphatic heterocycles. The third kappa shape index (κ3) is 8.84. The van der Waals surface area contributed by atoms with Crippen molar-refractivity contribution >= 4 is 75.8 Å². The second-order valence-electron chi connectivity index (χ2n) is 10.5. The molecular formula is C29H31Cl4N5O6. The summed E-state index contributed by atoms with van der Waals surface area (Å²) in [6, 6.07) is 7.71. The molecule has 2 unspecified atom stereocenters. The Hall–Kier alpha value is -3.38. The smallest absolute Gasteiger partial charge is 0.405 e. The van der Waals surface area contributed by atoms with Crippen molar-refractivity contribution in [2.45, 2.75) is 51.0 Å². The third-order valence-corrected chi connectivity index (χ3v) is 7.61. The average molecular weight is 687 g/mol. The first-order chi connectivity index (χ1) is 20.7. The minimum Gasteiger partial charge on any atom is -0.465 e. The number of carboxylic acid groups (broad SMARTS) is 1. The van der Waals surface area contributed by atoms with Crippen LogP contribution in [0.4, 0.5) is 10.5 Å². The lowest BCUT2D eigenvalue weighted by atomic mass is 9.96. The summed E-state index contributed by atoms with van der Waals surface area (Å²) in [5, 5.41) is 18.8. The van der Waals surface area contributed by atoms with Crippen LogP contribution < -0.4 is 15.5 Å². The number of alkyl halides is 2. The molecule has 2 atom stereocenters. The molecule has 1 aromatic carbocycles. The van der Waals surface area contributed by atoms with E-state index in [1.165, 1.54) is 17.2 Å². The van der Waals surface area contributed by atoms with Crippen molar-refractivity contribution in [1.82, 2.24) is 20.8 Å². The van der Waals surface area contributed by atoms with Gasteiger partial charge in [0.1, 0.15) is 17.4 Å². The highest BCUT2D eigenvalue weighted by atomic mass is 35.5. The quantitative estimate of drug-likeness (QED) is 0.179. The molecule has 3 N–H and O–H groups in total. The molecule has 0 radical (unpaired) electrons. The minimum atomic E-state index is -1.43. The van der Waals surface area contributed by atoms with Crippen LogP contribution in [0.25, 0.3) is 22.7 Å². The van der Waals surface area contributed by atoms with Gasteiger partial charge in [0.2, 0.25) is 5.91 Å². The van der Waals surface area contributed by atoms with Crippen LogP contribution in [0.5, 0.6) is 0 Å². The first-order valence-electron chi connectivity index (χ1n) is 13.5. The van der Waals surface area contributed by atoms with Crippen LogP contribution in [-0.2, 0) is 14.4 Å². The van der Waals surface area contributed by atoms with Crippen LogP contribution in [0, 0.1) is 11.8 Å². The highest BCUT2D eigenvalue weighted by Gasteiger charge is 2.31. The molecule has 0 saturated carbocycles. The van der Waals surface area contributed by atoms with Crippen molar-refractivity contribution in [2.75, 3.05) is 11.4 Å². The number of Topliss-reactive ketones (excluding diaryl/α,β-unsaturated/α-hetero) is 1. The van der Waals surface area contributed by atoms with E-state index in [0.29, 0.717) is 32.7 Å². The minimum absolute atomic E-state index is 0.131. The molecule has 236 valence electrons. The second-order valence-corrected chi connectivity index (χ2v) is 12.4. The maximum absolute atomic E-state index is 13.3. The fourth-order valence-electron chi connectivity index (χ4n) is 4.37. The Morgan fingerprint density at radius 1 is 0.932 bits per heavy atom. The number of carbonyl (C=O) groups excluding carboxylic acids is 3. The number of carbonyl (C=O) groups is 4. The van der Waals surface area contributed by atoms with E-state index in [0.717, 1.165) is 0 Å². The lowest BCUT2D eigenvalue weighted by Gasteiger charge is -2.28. The number of halogens is 4. The number of rotatable bonds is 13. The van der Waals surface area contributed by atoms with Crippen LogP contribution in [0.2, 0.25) is 10.0 Å². The molecular weight excluding hydrogens is 656 g/mol. The molecule has 44 heavy (non-hydrogen) atoms. The summed E-state index contributed by atoms with van der Waals surface area (Å²) in [6.07, 6.45) is -0.0976. The Morgan fingerprint density at radius 2 is 1.57 bits per heavy atom. The Kier molecular flexibility index (Phi) is 12.4. The third-order valence-electron chi connectivity index (χ3n) is 6.61. The van der Waals surface area contributed by atoms with Gasteiger partial charge in [-0.05, 0) is 36.1 Å². The number of hydrogen-bond donors (Lipinski definition) is 3. The van der Waals surface area contributed by atoms with E-state index in [1.54, 1.807) is 58.0 Å². The Labute approximate surface area is 274 Å². The summed E-state index contributed by atoms with van der Waals surface area (Å²) < 4.78 is 5.49. The molecule has 11 nitrogen and oxygen atoms in total. The number of aromatic nitrogens is 2. The van der Waals surface area contributed by atoms with E-state index < -0.39 is 34.8 Å². The molecule has 3 aromatic rings. The molecule has 2 aromatic heterocycles. The molecule has 0 spiro atoms. The van der Waals surface area contributed by atoms with Crippen LogP contribution in [0.3, 0.4) is 0 Å². The average Bonchev–Trinajstić information content (AvgIpc) is 3.43. The summed E-state index contributed by atoms with van der Waals surface area (Å²) in [7, 11) is 0.